The molecule has 0 spiro atoms. The lowest BCUT2D eigenvalue weighted by Crippen LogP contribution is -2.20. The SMILES string of the molecule is CCN(C=Nc1nnc2cccnn12)CC. The molecule has 2 aromatic heterocycles. The summed E-state index contributed by atoms with van der Waals surface area (Å²) in [5.41, 5.74) is 0.703. The summed E-state index contributed by atoms with van der Waals surface area (Å²) in [5, 5.41) is 12.1. The van der Waals surface area contributed by atoms with Gasteiger partial charge in [0.25, 0.3) is 5.95 Å². The molecule has 16 heavy (non-hydrogen) atoms. The molecule has 2 rings (SSSR count). The maximum atomic E-state index is 4.26. The highest BCUT2D eigenvalue weighted by Gasteiger charge is 2.02. The monoisotopic (exact) mass is 218 g/mol. The van der Waals surface area contributed by atoms with Gasteiger partial charge in [0.1, 0.15) is 0 Å². The predicted octanol–water partition coefficient (Wildman–Crippen LogP) is 1.13. The van der Waals surface area contributed by atoms with Gasteiger partial charge in [-0.1, -0.05) is 0 Å². The smallest absolute Gasteiger partial charge is 0.273 e. The van der Waals surface area contributed by atoms with Gasteiger partial charge in [0, 0.05) is 19.3 Å². The molecule has 0 aliphatic heterocycles. The van der Waals surface area contributed by atoms with Crippen molar-refractivity contribution >= 4 is 17.9 Å². The van der Waals surface area contributed by atoms with E-state index in [0.717, 1.165) is 13.1 Å². The molecule has 0 saturated heterocycles. The van der Waals surface area contributed by atoms with Crippen LogP contribution in [-0.4, -0.2) is 44.1 Å². The van der Waals surface area contributed by atoms with Crippen LogP contribution in [0.15, 0.2) is 23.3 Å². The van der Waals surface area contributed by atoms with E-state index < -0.39 is 0 Å². The molecule has 0 amide bonds. The van der Waals surface area contributed by atoms with Crippen molar-refractivity contribution in [2.24, 2.45) is 4.99 Å². The van der Waals surface area contributed by atoms with Crippen molar-refractivity contribution in [2.75, 3.05) is 13.1 Å². The van der Waals surface area contributed by atoms with E-state index in [1.807, 2.05) is 12.1 Å². The van der Waals surface area contributed by atoms with Crippen LogP contribution in [-0.2, 0) is 0 Å². The zero-order chi connectivity index (χ0) is 11.4. The summed E-state index contributed by atoms with van der Waals surface area (Å²) >= 11 is 0. The van der Waals surface area contributed by atoms with Crippen LogP contribution in [0.25, 0.3) is 5.65 Å². The topological polar surface area (TPSA) is 58.7 Å². The van der Waals surface area contributed by atoms with E-state index in [1.165, 1.54) is 0 Å². The van der Waals surface area contributed by atoms with Gasteiger partial charge in [0.05, 0.1) is 6.34 Å². The molecule has 0 aliphatic rings. The van der Waals surface area contributed by atoms with Crippen molar-refractivity contribution in [1.29, 1.82) is 0 Å². The molecule has 84 valence electrons. The molecule has 6 nitrogen and oxygen atoms in total. The zero-order valence-electron chi connectivity index (χ0n) is 9.41. The van der Waals surface area contributed by atoms with E-state index in [9.17, 15) is 0 Å². The zero-order valence-corrected chi connectivity index (χ0v) is 9.41. The third-order valence-corrected chi connectivity index (χ3v) is 2.31. The van der Waals surface area contributed by atoms with E-state index in [1.54, 1.807) is 17.1 Å². The molecule has 0 aromatic carbocycles. The van der Waals surface area contributed by atoms with E-state index in [0.29, 0.717) is 11.6 Å². The average molecular weight is 218 g/mol. The molecule has 0 bridgehead atoms. The molecule has 2 heterocycles. The number of fused-ring (bicyclic) bond motifs is 1. The predicted molar refractivity (Wildman–Crippen MR) is 61.9 cm³/mol. The number of aromatic nitrogens is 4. The molecule has 0 fully saturated rings. The molecule has 2 aromatic rings. The van der Waals surface area contributed by atoms with Crippen LogP contribution in [0.2, 0.25) is 0 Å². The summed E-state index contributed by atoms with van der Waals surface area (Å²) in [6, 6.07) is 3.67. The second kappa shape index (κ2) is 4.69. The van der Waals surface area contributed by atoms with Crippen LogP contribution in [0, 0.1) is 0 Å². The van der Waals surface area contributed by atoms with Gasteiger partial charge in [-0.3, -0.25) is 0 Å². The molecule has 0 saturated carbocycles. The minimum Gasteiger partial charge on any atom is -0.363 e. The fourth-order valence-corrected chi connectivity index (χ4v) is 1.33. The molecule has 0 atom stereocenters. The molecular formula is C10H14N6. The number of hydrogen-bond acceptors (Lipinski definition) is 4. The summed E-state index contributed by atoms with van der Waals surface area (Å²) in [6.07, 6.45) is 3.46. The van der Waals surface area contributed by atoms with Crippen molar-refractivity contribution in [2.45, 2.75) is 13.8 Å². The summed E-state index contributed by atoms with van der Waals surface area (Å²) in [7, 11) is 0. The van der Waals surface area contributed by atoms with Gasteiger partial charge in [-0.15, -0.1) is 10.2 Å². The lowest BCUT2D eigenvalue weighted by Gasteiger charge is -2.12. The summed E-state index contributed by atoms with van der Waals surface area (Å²) in [4.78, 5) is 6.34. The Morgan fingerprint density at radius 1 is 1.38 bits per heavy atom. The molecule has 6 heteroatoms. The first kappa shape index (κ1) is 10.5. The Labute approximate surface area is 93.6 Å². The highest BCUT2D eigenvalue weighted by atomic mass is 15.4. The summed E-state index contributed by atoms with van der Waals surface area (Å²) < 4.78 is 1.61. The minimum atomic E-state index is 0.502. The molecule has 0 N–H and O–H groups in total. The second-order valence-corrected chi connectivity index (χ2v) is 3.26. The Morgan fingerprint density at radius 3 is 2.94 bits per heavy atom. The third-order valence-electron chi connectivity index (χ3n) is 2.31. The van der Waals surface area contributed by atoms with Crippen molar-refractivity contribution in [3.05, 3.63) is 18.3 Å². The maximum Gasteiger partial charge on any atom is 0.273 e. The van der Waals surface area contributed by atoms with E-state index in [4.69, 9.17) is 0 Å². The molecule has 0 unspecified atom stereocenters. The van der Waals surface area contributed by atoms with Crippen molar-refractivity contribution in [3.8, 4) is 0 Å². The first-order valence-electron chi connectivity index (χ1n) is 5.29. The van der Waals surface area contributed by atoms with Crippen LogP contribution in [0.5, 0.6) is 0 Å². The van der Waals surface area contributed by atoms with Crippen molar-refractivity contribution in [1.82, 2.24) is 24.7 Å². The van der Waals surface area contributed by atoms with E-state index in [-0.39, 0.29) is 0 Å². The highest BCUT2D eigenvalue weighted by molar-refractivity contribution is 5.59. The first-order chi connectivity index (χ1) is 7.85. The van der Waals surface area contributed by atoms with E-state index >= 15 is 0 Å². The van der Waals surface area contributed by atoms with Gasteiger partial charge in [0.2, 0.25) is 0 Å². The van der Waals surface area contributed by atoms with Gasteiger partial charge < -0.3 is 4.90 Å². The summed E-state index contributed by atoms with van der Waals surface area (Å²) in [6.45, 7) is 6.00. The first-order valence-corrected chi connectivity index (χ1v) is 5.29. The van der Waals surface area contributed by atoms with E-state index in [2.05, 4.69) is 39.0 Å². The largest absolute Gasteiger partial charge is 0.363 e. The van der Waals surface area contributed by atoms with Gasteiger partial charge in [-0.05, 0) is 26.0 Å². The number of nitrogens with zero attached hydrogens (tertiary/aromatic N) is 6. The Hall–Kier alpha value is -1.98. The van der Waals surface area contributed by atoms with Crippen LogP contribution in [0.4, 0.5) is 5.95 Å². The van der Waals surface area contributed by atoms with Gasteiger partial charge in [-0.25, -0.2) is 4.99 Å². The lowest BCUT2D eigenvalue weighted by molar-refractivity contribution is 0.479. The third kappa shape index (κ3) is 2.00. The Balaban J connectivity index is 2.27. The van der Waals surface area contributed by atoms with Gasteiger partial charge in [-0.2, -0.15) is 9.61 Å². The van der Waals surface area contributed by atoms with Gasteiger partial charge in [0.15, 0.2) is 5.65 Å². The van der Waals surface area contributed by atoms with Crippen LogP contribution < -0.4 is 0 Å². The number of hydrogen-bond donors (Lipinski definition) is 0. The maximum absolute atomic E-state index is 4.26. The molecular weight excluding hydrogens is 204 g/mol. The minimum absolute atomic E-state index is 0.502. The Bertz CT molecular complexity index is 485. The van der Waals surface area contributed by atoms with Crippen molar-refractivity contribution < 1.29 is 0 Å². The molecule has 0 radical (unpaired) electrons. The Morgan fingerprint density at radius 2 is 2.19 bits per heavy atom. The fourth-order valence-electron chi connectivity index (χ4n) is 1.33. The fraction of sp³-hybridized carbons (Fsp3) is 0.400. The van der Waals surface area contributed by atoms with Crippen LogP contribution in [0.1, 0.15) is 13.8 Å². The van der Waals surface area contributed by atoms with Crippen molar-refractivity contribution in [3.63, 3.8) is 0 Å². The van der Waals surface area contributed by atoms with Crippen LogP contribution >= 0.6 is 0 Å². The average Bonchev–Trinajstić information content (AvgIpc) is 2.74. The normalized spacial score (nSPS) is 11.4. The van der Waals surface area contributed by atoms with Crippen LogP contribution in [0.3, 0.4) is 0 Å². The highest BCUT2D eigenvalue weighted by Crippen LogP contribution is 2.07. The Kier molecular flexibility index (Phi) is 3.09. The number of rotatable bonds is 4. The number of aliphatic imine (C=N–C) groups is 1. The standard InChI is InChI=1S/C10H14N6/c1-3-15(4-2)8-11-10-14-13-9-6-5-7-12-16(9)10/h5-8H,3-4H2,1-2H3. The summed E-state index contributed by atoms with van der Waals surface area (Å²) in [5.74, 6) is 0.502. The molecule has 0 aliphatic carbocycles. The van der Waals surface area contributed by atoms with Gasteiger partial charge >= 0.3 is 0 Å². The lowest BCUT2D eigenvalue weighted by atomic mass is 10.6. The second-order valence-electron chi connectivity index (χ2n) is 3.26. The quantitative estimate of drug-likeness (QED) is 0.570.